The van der Waals surface area contributed by atoms with Crippen molar-refractivity contribution in [1.29, 1.82) is 0 Å². The number of ether oxygens (including phenoxy) is 2. The average Bonchev–Trinajstić information content (AvgIpc) is 3.00. The second-order valence-electron chi connectivity index (χ2n) is 7.97. The molecule has 1 aromatic heterocycles. The quantitative estimate of drug-likeness (QED) is 0.626. The predicted molar refractivity (Wildman–Crippen MR) is 105 cm³/mol. The monoisotopic (exact) mass is 496 g/mol. The van der Waals surface area contributed by atoms with Gasteiger partial charge in [-0.2, -0.15) is 26.3 Å². The molecule has 0 unspecified atom stereocenters. The fourth-order valence-corrected chi connectivity index (χ4v) is 3.88. The molecule has 0 spiro atoms. The van der Waals surface area contributed by atoms with Gasteiger partial charge in [-0.3, -0.25) is 9.59 Å². The molecule has 186 valence electrons. The predicted octanol–water partition coefficient (Wildman–Crippen LogP) is 4.34. The molecule has 0 aliphatic carbocycles. The minimum absolute atomic E-state index is 0.0712. The Balaban J connectivity index is 2.12. The number of hydrogen-bond donors (Lipinski definition) is 1. The number of nitrogens with zero attached hydrogens (tertiary/aromatic N) is 1. The number of aromatic nitrogens is 1. The fraction of sp³-hybridized carbons (Fsp3) is 0.429. The average molecular weight is 496 g/mol. The maximum atomic E-state index is 14.4. The number of benzene rings is 1. The zero-order valence-electron chi connectivity index (χ0n) is 17.9. The van der Waals surface area contributed by atoms with E-state index in [1.807, 2.05) is 0 Å². The lowest BCUT2D eigenvalue weighted by molar-refractivity contribution is -0.272. The van der Waals surface area contributed by atoms with Crippen molar-refractivity contribution in [1.82, 2.24) is 4.57 Å². The maximum Gasteiger partial charge on any atom is 0.417 e. The molecule has 1 saturated heterocycles. The van der Waals surface area contributed by atoms with Crippen molar-refractivity contribution < 1.29 is 45.0 Å². The molecule has 1 aromatic carbocycles. The number of halogens is 7. The minimum atomic E-state index is -5.02. The molecule has 3 rings (SSSR count). The van der Waals surface area contributed by atoms with Crippen LogP contribution in [0, 0.1) is 17.6 Å². The smallest absolute Gasteiger partial charge is 0.417 e. The standard InChI is InChI=1S/C21H19F7N2O4/c1-9-14(11-4-5-12(22)15(23)16(11)33-19(24)25)17(34-20(9,2)21(26,27)28)18(32)29-10-6-7-30(3)13(31)8-10/h4-9,14,17,19H,1-3H3,(H,29,32)/t9-,14-,17+,20+/m1/s1. The Bertz CT molecular complexity index is 1150. The number of carbonyl (C=O) groups is 1. The van der Waals surface area contributed by atoms with Crippen LogP contribution in [-0.4, -0.2) is 35.0 Å². The summed E-state index contributed by atoms with van der Waals surface area (Å²) >= 11 is 0. The van der Waals surface area contributed by atoms with Gasteiger partial charge >= 0.3 is 12.8 Å². The van der Waals surface area contributed by atoms with Gasteiger partial charge in [-0.05, 0) is 19.1 Å². The fourth-order valence-electron chi connectivity index (χ4n) is 3.88. The Morgan fingerprint density at radius 3 is 2.44 bits per heavy atom. The van der Waals surface area contributed by atoms with Crippen LogP contribution >= 0.6 is 0 Å². The van der Waals surface area contributed by atoms with Crippen LogP contribution < -0.4 is 15.6 Å². The van der Waals surface area contributed by atoms with Gasteiger partial charge in [0.15, 0.2) is 17.2 Å². The summed E-state index contributed by atoms with van der Waals surface area (Å²) < 4.78 is 106. The highest BCUT2D eigenvalue weighted by Crippen LogP contribution is 2.55. The van der Waals surface area contributed by atoms with Gasteiger partial charge in [0, 0.05) is 42.4 Å². The van der Waals surface area contributed by atoms with Gasteiger partial charge in [0.25, 0.3) is 11.5 Å². The van der Waals surface area contributed by atoms with Crippen LogP contribution in [0.2, 0.25) is 0 Å². The van der Waals surface area contributed by atoms with E-state index >= 15 is 0 Å². The molecule has 1 aliphatic heterocycles. The molecular weight excluding hydrogens is 477 g/mol. The molecule has 0 saturated carbocycles. The Kier molecular flexibility index (Phi) is 6.71. The maximum absolute atomic E-state index is 14.4. The van der Waals surface area contributed by atoms with Crippen LogP contribution in [-0.2, 0) is 16.6 Å². The Morgan fingerprint density at radius 2 is 1.88 bits per heavy atom. The molecule has 4 atom stereocenters. The minimum Gasteiger partial charge on any atom is -0.431 e. The third kappa shape index (κ3) is 4.48. The SMILES string of the molecule is C[C@@H]1[C@H](c2ccc(F)c(F)c2OC(F)F)[C@@H](C(=O)Nc2ccn(C)c(=O)c2)O[C@]1(C)C(F)(F)F. The molecule has 1 amide bonds. The summed E-state index contributed by atoms with van der Waals surface area (Å²) in [5, 5.41) is 2.25. The number of hydrogen-bond acceptors (Lipinski definition) is 4. The molecule has 1 fully saturated rings. The van der Waals surface area contributed by atoms with Crippen molar-refractivity contribution in [2.24, 2.45) is 13.0 Å². The lowest BCUT2D eigenvalue weighted by Crippen LogP contribution is -2.47. The van der Waals surface area contributed by atoms with Crippen molar-refractivity contribution in [2.75, 3.05) is 5.32 Å². The summed E-state index contributed by atoms with van der Waals surface area (Å²) in [4.78, 5) is 24.8. The number of pyridine rings is 1. The third-order valence-electron chi connectivity index (χ3n) is 5.95. The van der Waals surface area contributed by atoms with E-state index in [2.05, 4.69) is 10.1 Å². The number of anilines is 1. The van der Waals surface area contributed by atoms with Crippen LogP contribution in [0.3, 0.4) is 0 Å². The van der Waals surface area contributed by atoms with Gasteiger partial charge in [-0.15, -0.1) is 0 Å². The molecule has 0 radical (unpaired) electrons. The number of aryl methyl sites for hydroxylation is 1. The molecule has 0 bridgehead atoms. The van der Waals surface area contributed by atoms with Gasteiger partial charge in [0.1, 0.15) is 6.10 Å². The number of amides is 1. The van der Waals surface area contributed by atoms with Gasteiger partial charge in [-0.1, -0.05) is 13.0 Å². The lowest BCUT2D eigenvalue weighted by atomic mass is 9.77. The summed E-state index contributed by atoms with van der Waals surface area (Å²) in [6.07, 6.45) is -5.72. The zero-order chi connectivity index (χ0) is 25.6. The van der Waals surface area contributed by atoms with Crippen LogP contribution in [0.1, 0.15) is 25.3 Å². The molecule has 2 heterocycles. The van der Waals surface area contributed by atoms with Crippen molar-refractivity contribution >= 4 is 11.6 Å². The third-order valence-corrected chi connectivity index (χ3v) is 5.95. The molecule has 13 heteroatoms. The highest BCUT2D eigenvalue weighted by Gasteiger charge is 2.66. The number of rotatable bonds is 5. The first-order valence-electron chi connectivity index (χ1n) is 9.82. The summed E-state index contributed by atoms with van der Waals surface area (Å²) in [5.41, 5.74) is -4.18. The number of nitrogens with one attached hydrogen (secondary N) is 1. The second kappa shape index (κ2) is 8.93. The van der Waals surface area contributed by atoms with Gasteiger partial charge in [-0.25, -0.2) is 4.39 Å². The van der Waals surface area contributed by atoms with E-state index in [1.54, 1.807) is 0 Å². The number of alkyl halides is 5. The van der Waals surface area contributed by atoms with Gasteiger partial charge in [0.2, 0.25) is 5.82 Å². The first-order valence-corrected chi connectivity index (χ1v) is 9.82. The van der Waals surface area contributed by atoms with Crippen molar-refractivity contribution in [3.63, 3.8) is 0 Å². The first-order chi connectivity index (χ1) is 15.7. The highest BCUT2D eigenvalue weighted by molar-refractivity contribution is 5.95. The summed E-state index contributed by atoms with van der Waals surface area (Å²) in [6.45, 7) is -1.93. The molecule has 34 heavy (non-hydrogen) atoms. The van der Waals surface area contributed by atoms with Gasteiger partial charge < -0.3 is 19.4 Å². The van der Waals surface area contributed by atoms with E-state index in [0.717, 1.165) is 19.1 Å². The van der Waals surface area contributed by atoms with Crippen molar-refractivity contribution in [3.05, 3.63) is 58.0 Å². The van der Waals surface area contributed by atoms with E-state index in [9.17, 15) is 40.3 Å². The van der Waals surface area contributed by atoms with Crippen LogP contribution in [0.15, 0.2) is 35.3 Å². The Labute approximate surface area is 188 Å². The van der Waals surface area contributed by atoms with E-state index in [0.29, 0.717) is 13.0 Å². The lowest BCUT2D eigenvalue weighted by Gasteiger charge is -2.32. The van der Waals surface area contributed by atoms with E-state index < -0.39 is 70.7 Å². The molecular formula is C21H19F7N2O4. The van der Waals surface area contributed by atoms with E-state index in [4.69, 9.17) is 4.74 Å². The number of carbonyl (C=O) groups excluding carboxylic acids is 1. The Hall–Kier alpha value is -3.09. The van der Waals surface area contributed by atoms with Crippen molar-refractivity contribution in [2.45, 2.75) is 44.3 Å². The van der Waals surface area contributed by atoms with Gasteiger partial charge in [0.05, 0.1) is 0 Å². The van der Waals surface area contributed by atoms with Crippen LogP contribution in [0.4, 0.5) is 36.4 Å². The largest absolute Gasteiger partial charge is 0.431 e. The first kappa shape index (κ1) is 25.5. The Morgan fingerprint density at radius 1 is 1.24 bits per heavy atom. The molecule has 2 aromatic rings. The van der Waals surface area contributed by atoms with E-state index in [1.165, 1.54) is 23.9 Å². The second-order valence-corrected chi connectivity index (χ2v) is 7.97. The molecule has 1 aliphatic rings. The summed E-state index contributed by atoms with van der Waals surface area (Å²) in [6, 6.07) is 3.58. The van der Waals surface area contributed by atoms with Crippen molar-refractivity contribution in [3.8, 4) is 5.75 Å². The summed E-state index contributed by atoms with van der Waals surface area (Å²) in [5.74, 6) is -9.22. The summed E-state index contributed by atoms with van der Waals surface area (Å²) in [7, 11) is 1.42. The highest BCUT2D eigenvalue weighted by atomic mass is 19.4. The van der Waals surface area contributed by atoms with Crippen LogP contribution in [0.25, 0.3) is 0 Å². The normalized spacial score (nSPS) is 25.0. The zero-order valence-corrected chi connectivity index (χ0v) is 17.9. The molecule has 1 N–H and O–H groups in total. The topological polar surface area (TPSA) is 69.6 Å². The van der Waals surface area contributed by atoms with E-state index in [-0.39, 0.29) is 5.69 Å². The molecule has 6 nitrogen and oxygen atoms in total. The van der Waals surface area contributed by atoms with Crippen LogP contribution in [0.5, 0.6) is 5.75 Å².